The van der Waals surface area contributed by atoms with Crippen LogP contribution in [0.2, 0.25) is 0 Å². The highest BCUT2D eigenvalue weighted by molar-refractivity contribution is 5.95. The number of carbonyl (C=O) groups is 1. The number of hydrogen-bond acceptors (Lipinski definition) is 5. The van der Waals surface area contributed by atoms with Crippen LogP contribution in [0.5, 0.6) is 0 Å². The second-order valence-electron chi connectivity index (χ2n) is 4.47. The molecule has 0 fully saturated rings. The number of aliphatic hydroxyl groups excluding tert-OH is 1. The summed E-state index contributed by atoms with van der Waals surface area (Å²) in [6.45, 7) is 3.84. The van der Waals surface area contributed by atoms with Crippen molar-refractivity contribution in [1.82, 2.24) is 24.9 Å². The van der Waals surface area contributed by atoms with Crippen LogP contribution in [0.3, 0.4) is 0 Å². The smallest absolute Gasteiger partial charge is 0.254 e. The van der Waals surface area contributed by atoms with Crippen molar-refractivity contribution in [3.63, 3.8) is 0 Å². The van der Waals surface area contributed by atoms with E-state index in [0.717, 1.165) is 6.42 Å². The summed E-state index contributed by atoms with van der Waals surface area (Å²) in [5, 5.41) is 15.7. The third-order valence-corrected chi connectivity index (χ3v) is 2.96. The molecular formula is C12H17N5O2. The van der Waals surface area contributed by atoms with Gasteiger partial charge in [-0.2, -0.15) is 10.1 Å². The number of hydrogen-bond donors (Lipinski definition) is 2. The van der Waals surface area contributed by atoms with E-state index in [1.807, 2.05) is 6.92 Å². The number of nitrogens with one attached hydrogen (secondary N) is 1. The standard InChI is InChI=1S/C12H17N5O2/c1-8(4-3-5-18)16-11(19)10-6-13-12-14-7-15-17(12)9(10)2/h6-8,18H,3-5H2,1-2H3,(H,16,19). The monoisotopic (exact) mass is 263 g/mol. The molecule has 7 nitrogen and oxygen atoms in total. The van der Waals surface area contributed by atoms with Gasteiger partial charge in [0.2, 0.25) is 0 Å². The van der Waals surface area contributed by atoms with Gasteiger partial charge in [-0.1, -0.05) is 0 Å². The lowest BCUT2D eigenvalue weighted by Gasteiger charge is -2.14. The van der Waals surface area contributed by atoms with E-state index in [9.17, 15) is 4.79 Å². The van der Waals surface area contributed by atoms with Crippen molar-refractivity contribution in [3.05, 3.63) is 23.8 Å². The molecule has 2 heterocycles. The number of carbonyl (C=O) groups excluding carboxylic acids is 1. The molecule has 0 aliphatic heterocycles. The molecule has 2 aromatic rings. The van der Waals surface area contributed by atoms with Crippen molar-refractivity contribution in [2.75, 3.05) is 6.61 Å². The molecule has 19 heavy (non-hydrogen) atoms. The third-order valence-electron chi connectivity index (χ3n) is 2.96. The molecule has 1 amide bonds. The van der Waals surface area contributed by atoms with Crippen LogP contribution in [0.15, 0.2) is 12.5 Å². The number of aromatic nitrogens is 4. The Morgan fingerprint density at radius 3 is 3.05 bits per heavy atom. The first kappa shape index (κ1) is 13.4. The molecule has 0 saturated carbocycles. The molecule has 0 saturated heterocycles. The zero-order chi connectivity index (χ0) is 13.8. The van der Waals surface area contributed by atoms with Gasteiger partial charge in [0.25, 0.3) is 11.7 Å². The van der Waals surface area contributed by atoms with E-state index in [1.54, 1.807) is 6.92 Å². The van der Waals surface area contributed by atoms with Crippen molar-refractivity contribution in [2.24, 2.45) is 0 Å². The minimum atomic E-state index is -0.187. The van der Waals surface area contributed by atoms with E-state index in [-0.39, 0.29) is 18.6 Å². The van der Waals surface area contributed by atoms with Gasteiger partial charge in [-0.05, 0) is 26.7 Å². The second kappa shape index (κ2) is 5.75. The van der Waals surface area contributed by atoms with E-state index < -0.39 is 0 Å². The summed E-state index contributed by atoms with van der Waals surface area (Å²) in [4.78, 5) is 20.2. The summed E-state index contributed by atoms with van der Waals surface area (Å²) in [6.07, 6.45) is 4.31. The summed E-state index contributed by atoms with van der Waals surface area (Å²) < 4.78 is 1.54. The number of nitrogens with zero attached hydrogens (tertiary/aromatic N) is 4. The van der Waals surface area contributed by atoms with Crippen LogP contribution in [0.1, 0.15) is 35.8 Å². The number of rotatable bonds is 5. The lowest BCUT2D eigenvalue weighted by molar-refractivity contribution is 0.0934. The van der Waals surface area contributed by atoms with Gasteiger partial charge in [0.1, 0.15) is 6.33 Å². The Hall–Kier alpha value is -2.02. The molecule has 0 aromatic carbocycles. The Labute approximate surface area is 110 Å². The molecule has 2 N–H and O–H groups in total. The van der Waals surface area contributed by atoms with E-state index >= 15 is 0 Å². The fourth-order valence-electron chi connectivity index (χ4n) is 1.88. The maximum Gasteiger partial charge on any atom is 0.254 e. The molecular weight excluding hydrogens is 246 g/mol. The molecule has 0 radical (unpaired) electrons. The topological polar surface area (TPSA) is 92.4 Å². The highest BCUT2D eigenvalue weighted by Crippen LogP contribution is 2.08. The van der Waals surface area contributed by atoms with Crippen LogP contribution in [0.4, 0.5) is 0 Å². The Bertz CT molecular complexity index is 581. The van der Waals surface area contributed by atoms with E-state index in [4.69, 9.17) is 5.11 Å². The minimum absolute atomic E-state index is 0.00509. The summed E-state index contributed by atoms with van der Waals surface area (Å²) in [5.74, 6) is 0.287. The largest absolute Gasteiger partial charge is 0.396 e. The summed E-state index contributed by atoms with van der Waals surface area (Å²) in [7, 11) is 0. The maximum absolute atomic E-state index is 12.1. The predicted molar refractivity (Wildman–Crippen MR) is 68.8 cm³/mol. The first-order chi connectivity index (χ1) is 9.13. The first-order valence-corrected chi connectivity index (χ1v) is 6.20. The molecule has 1 atom stereocenters. The summed E-state index contributed by atoms with van der Waals surface area (Å²) >= 11 is 0. The van der Waals surface area contributed by atoms with Crippen molar-refractivity contribution < 1.29 is 9.90 Å². The highest BCUT2D eigenvalue weighted by Gasteiger charge is 2.15. The zero-order valence-corrected chi connectivity index (χ0v) is 11.0. The number of aryl methyl sites for hydroxylation is 1. The Morgan fingerprint density at radius 2 is 2.32 bits per heavy atom. The van der Waals surface area contributed by atoms with Crippen LogP contribution >= 0.6 is 0 Å². The Kier molecular flexibility index (Phi) is 4.06. The quantitative estimate of drug-likeness (QED) is 0.810. The van der Waals surface area contributed by atoms with Crippen molar-refractivity contribution in [2.45, 2.75) is 32.7 Å². The molecule has 0 spiro atoms. The average Bonchev–Trinajstić information content (AvgIpc) is 2.85. The van der Waals surface area contributed by atoms with Crippen LogP contribution in [-0.2, 0) is 0 Å². The van der Waals surface area contributed by atoms with E-state index in [0.29, 0.717) is 23.5 Å². The molecule has 1 unspecified atom stereocenters. The minimum Gasteiger partial charge on any atom is -0.396 e. The molecule has 0 bridgehead atoms. The van der Waals surface area contributed by atoms with Gasteiger partial charge >= 0.3 is 0 Å². The van der Waals surface area contributed by atoms with Crippen molar-refractivity contribution in [1.29, 1.82) is 0 Å². The molecule has 7 heteroatoms. The fraction of sp³-hybridized carbons (Fsp3) is 0.500. The predicted octanol–water partition coefficient (Wildman–Crippen LogP) is 0.324. The molecule has 102 valence electrons. The van der Waals surface area contributed by atoms with Gasteiger partial charge in [-0.3, -0.25) is 4.79 Å². The molecule has 0 aliphatic rings. The number of fused-ring (bicyclic) bond motifs is 1. The molecule has 2 rings (SSSR count). The molecule has 0 aliphatic carbocycles. The lowest BCUT2D eigenvalue weighted by atomic mass is 10.1. The SMILES string of the molecule is Cc1c(C(=O)NC(C)CCCO)cnc2ncnn12. The van der Waals surface area contributed by atoms with Crippen LogP contribution in [0, 0.1) is 6.92 Å². The van der Waals surface area contributed by atoms with Gasteiger partial charge in [-0.25, -0.2) is 9.50 Å². The van der Waals surface area contributed by atoms with E-state index in [1.165, 1.54) is 17.0 Å². The first-order valence-electron chi connectivity index (χ1n) is 6.20. The van der Waals surface area contributed by atoms with Gasteiger partial charge in [0.15, 0.2) is 0 Å². The van der Waals surface area contributed by atoms with Gasteiger partial charge in [0, 0.05) is 18.8 Å². The maximum atomic E-state index is 12.1. The average molecular weight is 263 g/mol. The molecule has 2 aromatic heterocycles. The Balaban J connectivity index is 2.15. The summed E-state index contributed by atoms with van der Waals surface area (Å²) in [6, 6.07) is 0.00509. The van der Waals surface area contributed by atoms with Gasteiger partial charge < -0.3 is 10.4 Å². The zero-order valence-electron chi connectivity index (χ0n) is 11.0. The van der Waals surface area contributed by atoms with Gasteiger partial charge in [0.05, 0.1) is 11.3 Å². The third kappa shape index (κ3) is 2.87. The lowest BCUT2D eigenvalue weighted by Crippen LogP contribution is -2.33. The van der Waals surface area contributed by atoms with Crippen molar-refractivity contribution >= 4 is 11.7 Å². The number of amides is 1. The fourth-order valence-corrected chi connectivity index (χ4v) is 1.88. The van der Waals surface area contributed by atoms with Crippen molar-refractivity contribution in [3.8, 4) is 0 Å². The second-order valence-corrected chi connectivity index (χ2v) is 4.47. The highest BCUT2D eigenvalue weighted by atomic mass is 16.3. The van der Waals surface area contributed by atoms with Crippen LogP contribution in [-0.4, -0.2) is 43.2 Å². The van der Waals surface area contributed by atoms with Gasteiger partial charge in [-0.15, -0.1) is 0 Å². The normalized spacial score (nSPS) is 12.6. The van der Waals surface area contributed by atoms with Crippen LogP contribution < -0.4 is 5.32 Å². The summed E-state index contributed by atoms with van der Waals surface area (Å²) in [5.41, 5.74) is 1.18. The van der Waals surface area contributed by atoms with Crippen LogP contribution in [0.25, 0.3) is 5.78 Å². The Morgan fingerprint density at radius 1 is 1.53 bits per heavy atom. The number of aliphatic hydroxyl groups is 1. The van der Waals surface area contributed by atoms with E-state index in [2.05, 4.69) is 20.4 Å².